The predicted octanol–water partition coefficient (Wildman–Crippen LogP) is 4.00. The Morgan fingerprint density at radius 1 is 0.962 bits per heavy atom. The Morgan fingerprint density at radius 3 is 2.19 bits per heavy atom. The number of halogens is 2. The molecule has 2 fully saturated rings. The summed E-state index contributed by atoms with van der Waals surface area (Å²) in [5.41, 5.74) is 1.22. The first-order valence-electron chi connectivity index (χ1n) is 9.19. The lowest BCUT2D eigenvalue weighted by Gasteiger charge is -2.20. The smallest absolute Gasteiger partial charge is 0.191 e. The number of hydrogen-bond donors (Lipinski definition) is 1. The number of benzene rings is 2. The van der Waals surface area contributed by atoms with Gasteiger partial charge >= 0.3 is 0 Å². The van der Waals surface area contributed by atoms with E-state index in [-0.39, 0.29) is 11.9 Å². The maximum absolute atomic E-state index is 13.8. The molecule has 1 N–H and O–H groups in total. The molecule has 0 spiro atoms. The molecular formula is C21H23F2NO2. The van der Waals surface area contributed by atoms with Crippen LogP contribution in [0.4, 0.5) is 8.78 Å². The second kappa shape index (κ2) is 7.23. The molecule has 0 aromatic heterocycles. The van der Waals surface area contributed by atoms with Gasteiger partial charge in [-0.2, -0.15) is 0 Å². The molecule has 1 saturated heterocycles. The largest absolute Gasteiger partial charge is 0.508 e. The summed E-state index contributed by atoms with van der Waals surface area (Å²) in [7, 11) is 0. The third-order valence-electron chi connectivity index (χ3n) is 5.64. The van der Waals surface area contributed by atoms with Crippen molar-refractivity contribution in [3.8, 4) is 11.5 Å². The first-order valence-corrected chi connectivity index (χ1v) is 9.19. The van der Waals surface area contributed by atoms with Gasteiger partial charge in [0.2, 0.25) is 0 Å². The van der Waals surface area contributed by atoms with E-state index in [0.29, 0.717) is 17.6 Å². The highest BCUT2D eigenvalue weighted by Crippen LogP contribution is 2.40. The van der Waals surface area contributed by atoms with E-state index < -0.39 is 11.6 Å². The summed E-state index contributed by atoms with van der Waals surface area (Å²) in [6.07, 6.45) is 2.57. The van der Waals surface area contributed by atoms with Gasteiger partial charge < -0.3 is 14.7 Å². The fourth-order valence-electron chi connectivity index (χ4n) is 4.33. The van der Waals surface area contributed by atoms with E-state index in [4.69, 9.17) is 4.74 Å². The van der Waals surface area contributed by atoms with E-state index >= 15 is 0 Å². The molecule has 1 saturated carbocycles. The van der Waals surface area contributed by atoms with Gasteiger partial charge in [-0.25, -0.2) is 8.78 Å². The number of phenols is 1. The number of fused-ring (bicyclic) bond motifs is 1. The van der Waals surface area contributed by atoms with Crippen molar-refractivity contribution in [1.82, 2.24) is 4.90 Å². The van der Waals surface area contributed by atoms with Crippen molar-refractivity contribution in [2.75, 3.05) is 19.6 Å². The fraction of sp³-hybridized carbons (Fsp3) is 0.429. The van der Waals surface area contributed by atoms with E-state index in [2.05, 4.69) is 4.90 Å². The Labute approximate surface area is 152 Å². The molecule has 2 aliphatic rings. The molecule has 1 heterocycles. The molecule has 0 amide bonds. The number of nitrogens with zero attached hydrogens (tertiary/aromatic N) is 1. The molecule has 3 nitrogen and oxygen atoms in total. The minimum absolute atomic E-state index is 0.101. The normalized spacial score (nSPS) is 25.4. The van der Waals surface area contributed by atoms with Crippen LogP contribution in [-0.2, 0) is 6.42 Å². The Bertz CT molecular complexity index is 731. The van der Waals surface area contributed by atoms with Crippen LogP contribution in [0.15, 0.2) is 42.5 Å². The predicted molar refractivity (Wildman–Crippen MR) is 95.2 cm³/mol. The Kier molecular flexibility index (Phi) is 4.81. The first-order chi connectivity index (χ1) is 12.6. The molecule has 3 atom stereocenters. The number of ether oxygens (including phenoxy) is 1. The van der Waals surface area contributed by atoms with Crippen molar-refractivity contribution >= 4 is 0 Å². The van der Waals surface area contributed by atoms with Crippen molar-refractivity contribution < 1.29 is 18.6 Å². The van der Waals surface area contributed by atoms with Crippen molar-refractivity contribution in [2.45, 2.75) is 25.4 Å². The quantitative estimate of drug-likeness (QED) is 0.876. The zero-order chi connectivity index (χ0) is 18.1. The molecule has 4 rings (SSSR count). The zero-order valence-corrected chi connectivity index (χ0v) is 14.6. The molecule has 2 aromatic rings. The molecule has 0 bridgehead atoms. The Balaban J connectivity index is 1.28. The van der Waals surface area contributed by atoms with Gasteiger partial charge in [0.15, 0.2) is 17.4 Å². The van der Waals surface area contributed by atoms with Crippen LogP contribution in [0, 0.1) is 23.5 Å². The SMILES string of the molecule is Oc1ccc(CCN2C[C@H]3CC(Oc4c(F)cccc4F)C[C@H]3C2)cc1. The van der Waals surface area contributed by atoms with E-state index in [1.807, 2.05) is 12.1 Å². The summed E-state index contributed by atoms with van der Waals surface area (Å²) in [5.74, 6) is -0.122. The highest BCUT2D eigenvalue weighted by molar-refractivity contribution is 5.27. The molecule has 26 heavy (non-hydrogen) atoms. The first kappa shape index (κ1) is 17.3. The van der Waals surface area contributed by atoms with Gasteiger partial charge in [0.25, 0.3) is 0 Å². The lowest BCUT2D eigenvalue weighted by molar-refractivity contribution is 0.171. The molecule has 138 valence electrons. The van der Waals surface area contributed by atoms with Gasteiger partial charge in [-0.05, 0) is 60.9 Å². The number of phenolic OH excluding ortho intramolecular Hbond substituents is 1. The molecule has 1 aliphatic carbocycles. The topological polar surface area (TPSA) is 32.7 Å². The second-order valence-electron chi connectivity index (χ2n) is 7.46. The van der Waals surface area contributed by atoms with Crippen LogP contribution in [0.2, 0.25) is 0 Å². The summed E-state index contributed by atoms with van der Waals surface area (Å²) >= 11 is 0. The van der Waals surface area contributed by atoms with Crippen molar-refractivity contribution in [3.63, 3.8) is 0 Å². The lowest BCUT2D eigenvalue weighted by atomic mass is 10.0. The van der Waals surface area contributed by atoms with E-state index in [1.165, 1.54) is 23.8 Å². The molecular weight excluding hydrogens is 336 g/mol. The third-order valence-corrected chi connectivity index (χ3v) is 5.64. The zero-order valence-electron chi connectivity index (χ0n) is 14.6. The van der Waals surface area contributed by atoms with Crippen LogP contribution in [0.1, 0.15) is 18.4 Å². The van der Waals surface area contributed by atoms with Crippen LogP contribution in [0.25, 0.3) is 0 Å². The average molecular weight is 359 g/mol. The van der Waals surface area contributed by atoms with Gasteiger partial charge in [0.05, 0.1) is 6.10 Å². The van der Waals surface area contributed by atoms with Crippen LogP contribution in [-0.4, -0.2) is 35.7 Å². The molecule has 2 aromatic carbocycles. The summed E-state index contributed by atoms with van der Waals surface area (Å²) in [4.78, 5) is 2.46. The summed E-state index contributed by atoms with van der Waals surface area (Å²) in [6.45, 7) is 3.02. The maximum Gasteiger partial charge on any atom is 0.191 e. The number of aromatic hydroxyl groups is 1. The monoisotopic (exact) mass is 359 g/mol. The highest BCUT2D eigenvalue weighted by atomic mass is 19.1. The van der Waals surface area contributed by atoms with Crippen LogP contribution >= 0.6 is 0 Å². The number of para-hydroxylation sites is 1. The van der Waals surface area contributed by atoms with E-state index in [1.54, 1.807) is 12.1 Å². The standard InChI is InChI=1S/C21H23F2NO2/c22-19-2-1-3-20(23)21(19)26-18-10-15-12-24(13-16(15)11-18)9-8-14-4-6-17(25)7-5-14/h1-7,15-16,18,25H,8-13H2/t15-,16+,18?. The highest BCUT2D eigenvalue weighted by Gasteiger charge is 2.41. The second-order valence-corrected chi connectivity index (χ2v) is 7.46. The molecule has 0 radical (unpaired) electrons. The fourth-order valence-corrected chi connectivity index (χ4v) is 4.33. The van der Waals surface area contributed by atoms with Crippen molar-refractivity contribution in [2.24, 2.45) is 11.8 Å². The summed E-state index contributed by atoms with van der Waals surface area (Å²) in [6, 6.07) is 11.2. The van der Waals surface area contributed by atoms with Gasteiger partial charge in [0, 0.05) is 19.6 Å². The Morgan fingerprint density at radius 2 is 1.58 bits per heavy atom. The summed E-state index contributed by atoms with van der Waals surface area (Å²) < 4.78 is 33.2. The summed E-state index contributed by atoms with van der Waals surface area (Å²) in [5, 5.41) is 9.34. The molecule has 1 unspecified atom stereocenters. The number of rotatable bonds is 5. The van der Waals surface area contributed by atoms with Crippen LogP contribution in [0.5, 0.6) is 11.5 Å². The maximum atomic E-state index is 13.8. The van der Waals surface area contributed by atoms with Crippen LogP contribution in [0.3, 0.4) is 0 Å². The lowest BCUT2D eigenvalue weighted by Crippen LogP contribution is -2.26. The van der Waals surface area contributed by atoms with Gasteiger partial charge in [-0.15, -0.1) is 0 Å². The minimum Gasteiger partial charge on any atom is -0.508 e. The van der Waals surface area contributed by atoms with Gasteiger partial charge in [-0.3, -0.25) is 0 Å². The number of likely N-dealkylation sites (tertiary alicyclic amines) is 1. The number of hydrogen-bond acceptors (Lipinski definition) is 3. The molecule has 1 aliphatic heterocycles. The van der Waals surface area contributed by atoms with Crippen molar-refractivity contribution in [3.05, 3.63) is 59.7 Å². The molecule has 5 heteroatoms. The average Bonchev–Trinajstić information content (AvgIpc) is 3.16. The van der Waals surface area contributed by atoms with Gasteiger partial charge in [-0.1, -0.05) is 18.2 Å². The van der Waals surface area contributed by atoms with Gasteiger partial charge in [0.1, 0.15) is 5.75 Å². The Hall–Kier alpha value is -2.14. The third kappa shape index (κ3) is 3.68. The van der Waals surface area contributed by atoms with E-state index in [9.17, 15) is 13.9 Å². The van der Waals surface area contributed by atoms with E-state index in [0.717, 1.165) is 38.9 Å². The van der Waals surface area contributed by atoms with Crippen LogP contribution < -0.4 is 4.74 Å². The minimum atomic E-state index is -0.627. The van der Waals surface area contributed by atoms with Crippen molar-refractivity contribution in [1.29, 1.82) is 0 Å².